The van der Waals surface area contributed by atoms with Crippen molar-refractivity contribution in [2.45, 2.75) is 37.5 Å². The molecule has 1 heterocycles. The summed E-state index contributed by atoms with van der Waals surface area (Å²) in [4.78, 5) is 31.5. The Hall–Kier alpha value is -2.22. The van der Waals surface area contributed by atoms with Crippen molar-refractivity contribution in [3.05, 3.63) is 28.3 Å². The molecule has 1 aromatic carbocycles. The first-order valence-electron chi connectivity index (χ1n) is 8.62. The quantitative estimate of drug-likeness (QED) is 0.769. The molecule has 140 valence electrons. The molecule has 2 N–H and O–H groups in total. The Labute approximate surface area is 155 Å². The number of hydrogen-bond donors (Lipinski definition) is 2. The molecular weight excluding hydrogens is 354 g/mol. The van der Waals surface area contributed by atoms with Gasteiger partial charge in [-0.25, -0.2) is 4.98 Å². The van der Waals surface area contributed by atoms with Crippen LogP contribution in [0.5, 0.6) is 11.5 Å². The first kappa shape index (κ1) is 18.6. The largest absolute Gasteiger partial charge is 0.493 e. The van der Waals surface area contributed by atoms with Crippen LogP contribution >= 0.6 is 11.8 Å². The number of carbonyl (C=O) groups excluding carboxylic acids is 1. The summed E-state index contributed by atoms with van der Waals surface area (Å²) in [6, 6.07) is 3.63. The molecule has 1 aliphatic rings. The third-order valence-corrected chi connectivity index (χ3v) is 5.40. The summed E-state index contributed by atoms with van der Waals surface area (Å²) in [6.07, 6.45) is 4.52. The minimum atomic E-state index is -0.234. The molecule has 1 aliphatic carbocycles. The van der Waals surface area contributed by atoms with Crippen molar-refractivity contribution < 1.29 is 14.3 Å². The smallest absolute Gasteiger partial charge is 0.258 e. The molecular formula is C18H23N3O4S. The van der Waals surface area contributed by atoms with Crippen molar-refractivity contribution in [3.63, 3.8) is 0 Å². The van der Waals surface area contributed by atoms with Crippen molar-refractivity contribution in [1.29, 1.82) is 0 Å². The van der Waals surface area contributed by atoms with Gasteiger partial charge in [0.25, 0.3) is 5.56 Å². The lowest BCUT2D eigenvalue weighted by molar-refractivity contribution is -0.119. The molecule has 0 spiro atoms. The van der Waals surface area contributed by atoms with Crippen LogP contribution in [0, 0.1) is 0 Å². The monoisotopic (exact) mass is 377 g/mol. The summed E-state index contributed by atoms with van der Waals surface area (Å²) >= 11 is 1.43. The maximum atomic E-state index is 12.3. The predicted octanol–water partition coefficient (Wildman–Crippen LogP) is 2.23. The fraction of sp³-hybridized carbons (Fsp3) is 0.500. The van der Waals surface area contributed by atoms with Crippen molar-refractivity contribution in [3.8, 4) is 11.5 Å². The third-order valence-electron chi connectivity index (χ3n) is 4.45. The molecule has 0 unspecified atom stereocenters. The molecule has 26 heavy (non-hydrogen) atoms. The SMILES string of the molecule is COc1cc2nc(CSCC(=O)NC3CCCC3)[nH]c(=O)c2cc1OC. The average Bonchev–Trinajstić information content (AvgIpc) is 3.13. The Morgan fingerprint density at radius 2 is 1.96 bits per heavy atom. The van der Waals surface area contributed by atoms with Crippen LogP contribution in [0.2, 0.25) is 0 Å². The number of H-pyrrole nitrogens is 1. The molecule has 0 atom stereocenters. The van der Waals surface area contributed by atoms with E-state index in [9.17, 15) is 9.59 Å². The number of amides is 1. The zero-order valence-electron chi connectivity index (χ0n) is 15.0. The number of nitrogens with zero attached hydrogens (tertiary/aromatic N) is 1. The van der Waals surface area contributed by atoms with Crippen LogP contribution in [0.4, 0.5) is 0 Å². The van der Waals surface area contributed by atoms with Crippen LogP contribution in [-0.2, 0) is 10.5 Å². The molecule has 1 fully saturated rings. The number of fused-ring (bicyclic) bond motifs is 1. The first-order valence-corrected chi connectivity index (χ1v) is 9.78. The number of carbonyl (C=O) groups is 1. The minimum Gasteiger partial charge on any atom is -0.493 e. The second-order valence-electron chi connectivity index (χ2n) is 6.28. The van der Waals surface area contributed by atoms with Crippen LogP contribution in [0.1, 0.15) is 31.5 Å². The molecule has 1 saturated carbocycles. The molecule has 3 rings (SSSR count). The van der Waals surface area contributed by atoms with E-state index in [-0.39, 0.29) is 11.5 Å². The van der Waals surface area contributed by atoms with Crippen LogP contribution < -0.4 is 20.3 Å². The van der Waals surface area contributed by atoms with Gasteiger partial charge in [-0.2, -0.15) is 0 Å². The number of methoxy groups -OCH3 is 2. The van der Waals surface area contributed by atoms with Gasteiger partial charge in [0.15, 0.2) is 11.5 Å². The first-order chi connectivity index (χ1) is 12.6. The van der Waals surface area contributed by atoms with Crippen molar-refractivity contribution in [1.82, 2.24) is 15.3 Å². The van der Waals surface area contributed by atoms with Crippen LogP contribution in [-0.4, -0.2) is 41.9 Å². The predicted molar refractivity (Wildman–Crippen MR) is 102 cm³/mol. The number of rotatable bonds is 7. The molecule has 2 aromatic rings. The molecule has 8 heteroatoms. The third kappa shape index (κ3) is 4.30. The van der Waals surface area contributed by atoms with Crippen LogP contribution in [0.15, 0.2) is 16.9 Å². The molecule has 0 aliphatic heterocycles. The second-order valence-corrected chi connectivity index (χ2v) is 7.26. The highest BCUT2D eigenvalue weighted by molar-refractivity contribution is 7.99. The Balaban J connectivity index is 1.66. The van der Waals surface area contributed by atoms with Gasteiger partial charge in [0.05, 0.1) is 36.6 Å². The highest BCUT2D eigenvalue weighted by atomic mass is 32.2. The van der Waals surface area contributed by atoms with E-state index in [2.05, 4.69) is 15.3 Å². The lowest BCUT2D eigenvalue weighted by atomic mass is 10.2. The Bertz CT molecular complexity index is 846. The summed E-state index contributed by atoms with van der Waals surface area (Å²) in [6.45, 7) is 0. The molecule has 0 radical (unpaired) electrons. The highest BCUT2D eigenvalue weighted by Gasteiger charge is 2.17. The summed E-state index contributed by atoms with van der Waals surface area (Å²) < 4.78 is 10.5. The van der Waals surface area contributed by atoms with Gasteiger partial charge in [-0.15, -0.1) is 11.8 Å². The Morgan fingerprint density at radius 3 is 2.65 bits per heavy atom. The van der Waals surface area contributed by atoms with Gasteiger partial charge >= 0.3 is 0 Å². The topological polar surface area (TPSA) is 93.3 Å². The standard InChI is InChI=1S/C18H23N3O4S/c1-24-14-7-12-13(8-15(14)25-2)20-16(21-18(12)23)9-26-10-17(22)19-11-5-3-4-6-11/h7-8,11H,3-6,9-10H2,1-2H3,(H,19,22)(H,20,21,23). The van der Waals surface area contributed by atoms with Crippen LogP contribution in [0.3, 0.4) is 0 Å². The number of nitrogens with one attached hydrogen (secondary N) is 2. The maximum Gasteiger partial charge on any atom is 0.258 e. The zero-order chi connectivity index (χ0) is 18.5. The summed E-state index contributed by atoms with van der Waals surface area (Å²) in [5, 5.41) is 3.49. The summed E-state index contributed by atoms with van der Waals surface area (Å²) in [7, 11) is 3.06. The van der Waals surface area contributed by atoms with E-state index < -0.39 is 0 Å². The molecule has 1 amide bonds. The van der Waals surface area contributed by atoms with Gasteiger partial charge in [0.2, 0.25) is 5.91 Å². The molecule has 0 saturated heterocycles. The van der Waals surface area contributed by atoms with Gasteiger partial charge in [-0.3, -0.25) is 9.59 Å². The van der Waals surface area contributed by atoms with E-state index in [0.29, 0.717) is 45.8 Å². The zero-order valence-corrected chi connectivity index (χ0v) is 15.8. The van der Waals surface area contributed by atoms with Gasteiger partial charge in [0, 0.05) is 12.1 Å². The normalized spacial score (nSPS) is 14.5. The lowest BCUT2D eigenvalue weighted by Gasteiger charge is -2.11. The minimum absolute atomic E-state index is 0.0384. The second kappa shape index (κ2) is 8.44. The highest BCUT2D eigenvalue weighted by Crippen LogP contribution is 2.30. The number of aromatic nitrogens is 2. The van der Waals surface area contributed by atoms with Crippen molar-refractivity contribution in [2.75, 3.05) is 20.0 Å². The van der Waals surface area contributed by atoms with Crippen LogP contribution in [0.25, 0.3) is 10.9 Å². The van der Waals surface area contributed by atoms with Crippen molar-refractivity contribution >= 4 is 28.6 Å². The van der Waals surface area contributed by atoms with Gasteiger partial charge in [-0.05, 0) is 18.9 Å². The Kier molecular flexibility index (Phi) is 6.03. The number of aromatic amines is 1. The fourth-order valence-electron chi connectivity index (χ4n) is 3.16. The summed E-state index contributed by atoms with van der Waals surface area (Å²) in [5.41, 5.74) is 0.305. The molecule has 1 aromatic heterocycles. The number of hydrogen-bond acceptors (Lipinski definition) is 6. The lowest BCUT2D eigenvalue weighted by Crippen LogP contribution is -2.33. The van der Waals surface area contributed by atoms with E-state index in [0.717, 1.165) is 12.8 Å². The van der Waals surface area contributed by atoms with E-state index in [1.54, 1.807) is 12.1 Å². The van der Waals surface area contributed by atoms with E-state index in [4.69, 9.17) is 9.47 Å². The van der Waals surface area contributed by atoms with Gasteiger partial charge in [-0.1, -0.05) is 12.8 Å². The Morgan fingerprint density at radius 1 is 1.27 bits per heavy atom. The van der Waals surface area contributed by atoms with E-state index in [1.165, 1.54) is 38.8 Å². The van der Waals surface area contributed by atoms with Gasteiger partial charge < -0.3 is 19.8 Å². The maximum absolute atomic E-state index is 12.3. The van der Waals surface area contributed by atoms with E-state index in [1.807, 2.05) is 0 Å². The molecule has 7 nitrogen and oxygen atoms in total. The number of benzene rings is 1. The molecule has 0 bridgehead atoms. The van der Waals surface area contributed by atoms with Gasteiger partial charge in [0.1, 0.15) is 5.82 Å². The number of ether oxygens (including phenoxy) is 2. The fourth-order valence-corrected chi connectivity index (χ4v) is 3.86. The summed E-state index contributed by atoms with van der Waals surface area (Å²) in [5.74, 6) is 2.39. The average molecular weight is 377 g/mol. The number of thioether (sulfide) groups is 1. The van der Waals surface area contributed by atoms with E-state index >= 15 is 0 Å². The van der Waals surface area contributed by atoms with Crippen molar-refractivity contribution in [2.24, 2.45) is 0 Å².